The van der Waals surface area contributed by atoms with Crippen LogP contribution in [0, 0.1) is 0 Å². The highest BCUT2D eigenvalue weighted by Crippen LogP contribution is 2.38. The molecule has 0 saturated carbocycles. The molecular weight excluding hydrogens is 672 g/mol. The Morgan fingerprint density at radius 3 is 2.36 bits per heavy atom. The Balaban J connectivity index is 1.24. The first-order chi connectivity index (χ1) is 22.8. The van der Waals surface area contributed by atoms with Gasteiger partial charge in [0.1, 0.15) is 10.7 Å². The largest absolute Gasteiger partial charge is 0.309 e. The Labute approximate surface area is 283 Å². The van der Waals surface area contributed by atoms with Gasteiger partial charge in [-0.3, -0.25) is 14.1 Å². The molecule has 0 aliphatic rings. The van der Waals surface area contributed by atoms with Crippen molar-refractivity contribution >= 4 is 60.6 Å². The maximum absolute atomic E-state index is 13.4. The zero-order valence-corrected chi connectivity index (χ0v) is 27.9. The van der Waals surface area contributed by atoms with Gasteiger partial charge in [-0.05, 0) is 48.9 Å². The number of hydrogen-bond donors (Lipinski definition) is 2. The van der Waals surface area contributed by atoms with Crippen molar-refractivity contribution in [3.05, 3.63) is 136 Å². The van der Waals surface area contributed by atoms with Crippen LogP contribution in [-0.2, 0) is 10.0 Å². The van der Waals surface area contributed by atoms with E-state index in [4.69, 9.17) is 16.6 Å². The van der Waals surface area contributed by atoms with Gasteiger partial charge in [-0.1, -0.05) is 96.2 Å². The number of halogens is 1. The summed E-state index contributed by atoms with van der Waals surface area (Å²) in [5.41, 5.74) is 3.22. The van der Waals surface area contributed by atoms with E-state index in [2.05, 4.69) is 19.9 Å². The number of aromatic amines is 1. The summed E-state index contributed by atoms with van der Waals surface area (Å²) in [6.07, 6.45) is 0. The molecule has 0 aliphatic heterocycles. The van der Waals surface area contributed by atoms with Gasteiger partial charge in [0.05, 0.1) is 26.2 Å². The maximum atomic E-state index is 13.4. The molecule has 7 aromatic rings. The van der Waals surface area contributed by atoms with E-state index in [-0.39, 0.29) is 26.4 Å². The number of para-hydroxylation sites is 2. The van der Waals surface area contributed by atoms with E-state index in [0.29, 0.717) is 32.6 Å². The van der Waals surface area contributed by atoms with Crippen LogP contribution < -0.4 is 10.3 Å². The fraction of sp³-hybridized carbons (Fsp3) is 0.0588. The number of thiophene rings is 1. The minimum Gasteiger partial charge on any atom is -0.309 e. The number of rotatable bonds is 9. The van der Waals surface area contributed by atoms with Crippen molar-refractivity contribution < 1.29 is 8.42 Å². The molecule has 0 amide bonds. The Morgan fingerprint density at radius 2 is 1.60 bits per heavy atom. The standard InChI is InChI=1S/C34H25ClN6O3S3/c1-21(30-36-32(42)29-26(20-45-33(29)37-30)22-11-4-2-5-12-22)46-34-39-38-31(41(34)24-14-6-3-7-15-24)23-13-10-16-25(19-23)47(43,44)40-28-18-9-8-17-27(28)35/h2-21,40H,1H3,(H,36,37,42). The highest BCUT2D eigenvalue weighted by Gasteiger charge is 2.23. The smallest absolute Gasteiger partial charge is 0.261 e. The van der Waals surface area contributed by atoms with E-state index in [9.17, 15) is 13.2 Å². The number of nitrogens with zero attached hydrogens (tertiary/aromatic N) is 4. The van der Waals surface area contributed by atoms with E-state index < -0.39 is 10.0 Å². The van der Waals surface area contributed by atoms with Crippen molar-refractivity contribution in [1.82, 2.24) is 24.7 Å². The second-order valence-electron chi connectivity index (χ2n) is 10.5. The molecule has 3 aromatic heterocycles. The number of sulfonamides is 1. The van der Waals surface area contributed by atoms with Crippen molar-refractivity contribution in [1.29, 1.82) is 0 Å². The van der Waals surface area contributed by atoms with Crippen LogP contribution in [0.5, 0.6) is 0 Å². The van der Waals surface area contributed by atoms with Crippen molar-refractivity contribution in [2.75, 3.05) is 4.72 Å². The first-order valence-electron chi connectivity index (χ1n) is 14.4. The lowest BCUT2D eigenvalue weighted by molar-refractivity contribution is 0.601. The van der Waals surface area contributed by atoms with E-state index in [1.807, 2.05) is 77.5 Å². The number of H-pyrrole nitrogens is 1. The van der Waals surface area contributed by atoms with Gasteiger partial charge in [-0.2, -0.15) is 0 Å². The van der Waals surface area contributed by atoms with Crippen molar-refractivity contribution in [3.8, 4) is 28.2 Å². The summed E-state index contributed by atoms with van der Waals surface area (Å²) in [4.78, 5) is 21.9. The van der Waals surface area contributed by atoms with Crippen LogP contribution in [0.4, 0.5) is 5.69 Å². The first kappa shape index (κ1) is 30.9. The van der Waals surface area contributed by atoms with Gasteiger partial charge < -0.3 is 4.98 Å². The lowest BCUT2D eigenvalue weighted by Crippen LogP contribution is -2.13. The maximum Gasteiger partial charge on any atom is 0.261 e. The topological polar surface area (TPSA) is 123 Å². The zero-order valence-electron chi connectivity index (χ0n) is 24.7. The minimum atomic E-state index is -3.97. The quantitative estimate of drug-likeness (QED) is 0.146. The monoisotopic (exact) mass is 696 g/mol. The van der Waals surface area contributed by atoms with Crippen LogP contribution in [0.25, 0.3) is 38.4 Å². The zero-order chi connectivity index (χ0) is 32.5. The van der Waals surface area contributed by atoms with Crippen LogP contribution >= 0.6 is 34.7 Å². The number of nitrogens with one attached hydrogen (secondary N) is 2. The van der Waals surface area contributed by atoms with E-state index in [1.54, 1.807) is 42.5 Å². The molecule has 234 valence electrons. The van der Waals surface area contributed by atoms with Gasteiger partial charge in [-0.25, -0.2) is 13.4 Å². The first-order valence-corrected chi connectivity index (χ1v) is 18.0. The molecule has 0 spiro atoms. The van der Waals surface area contributed by atoms with Crippen LogP contribution in [0.2, 0.25) is 5.02 Å². The molecule has 1 atom stereocenters. The number of hydrogen-bond acceptors (Lipinski definition) is 8. The molecule has 13 heteroatoms. The lowest BCUT2D eigenvalue weighted by atomic mass is 10.1. The Bertz CT molecular complexity index is 2390. The summed E-state index contributed by atoms with van der Waals surface area (Å²) in [5.74, 6) is 0.959. The molecular formula is C34H25ClN6O3S3. The SMILES string of the molecule is CC(Sc1nnc(-c2cccc(S(=O)(=O)Nc3ccccc3Cl)c2)n1-c1ccccc1)c1nc2scc(-c3ccccc3)c2c(=O)[nH]1. The predicted molar refractivity (Wildman–Crippen MR) is 189 cm³/mol. The minimum absolute atomic E-state index is 0.0426. The van der Waals surface area contributed by atoms with Crippen LogP contribution in [-0.4, -0.2) is 33.2 Å². The van der Waals surface area contributed by atoms with Crippen molar-refractivity contribution in [2.24, 2.45) is 0 Å². The van der Waals surface area contributed by atoms with Crippen molar-refractivity contribution in [3.63, 3.8) is 0 Å². The normalized spacial score (nSPS) is 12.3. The molecule has 0 fully saturated rings. The molecule has 47 heavy (non-hydrogen) atoms. The molecule has 1 unspecified atom stereocenters. The van der Waals surface area contributed by atoms with E-state index >= 15 is 0 Å². The van der Waals surface area contributed by atoms with Gasteiger partial charge >= 0.3 is 0 Å². The molecule has 4 aromatic carbocycles. The molecule has 2 N–H and O–H groups in total. The van der Waals surface area contributed by atoms with Crippen molar-refractivity contribution in [2.45, 2.75) is 22.2 Å². The Hall–Kier alpha value is -4.75. The number of anilines is 1. The summed E-state index contributed by atoms with van der Waals surface area (Å²) in [6.45, 7) is 1.94. The molecule has 7 rings (SSSR count). The van der Waals surface area contributed by atoms with Gasteiger partial charge in [0, 0.05) is 22.2 Å². The van der Waals surface area contributed by atoms with Crippen LogP contribution in [0.3, 0.4) is 0 Å². The van der Waals surface area contributed by atoms with E-state index in [0.717, 1.165) is 16.8 Å². The molecule has 3 heterocycles. The highest BCUT2D eigenvalue weighted by molar-refractivity contribution is 7.99. The van der Waals surface area contributed by atoms with Crippen LogP contribution in [0.1, 0.15) is 18.0 Å². The summed E-state index contributed by atoms with van der Waals surface area (Å²) in [6, 6.07) is 32.5. The molecule has 0 aliphatic carbocycles. The number of benzene rings is 4. The summed E-state index contributed by atoms with van der Waals surface area (Å²) >= 11 is 9.03. The highest BCUT2D eigenvalue weighted by atomic mass is 35.5. The molecule has 0 saturated heterocycles. The molecule has 0 radical (unpaired) electrons. The third-order valence-corrected chi connectivity index (χ3v) is 11.0. The number of aromatic nitrogens is 5. The average molecular weight is 697 g/mol. The number of fused-ring (bicyclic) bond motifs is 1. The third kappa shape index (κ3) is 6.20. The lowest BCUT2D eigenvalue weighted by Gasteiger charge is -2.14. The Morgan fingerprint density at radius 1 is 0.894 bits per heavy atom. The second kappa shape index (κ2) is 12.8. The number of thioether (sulfide) groups is 1. The summed E-state index contributed by atoms with van der Waals surface area (Å²) in [7, 11) is -3.97. The van der Waals surface area contributed by atoms with Gasteiger partial charge in [0.25, 0.3) is 15.6 Å². The molecule has 9 nitrogen and oxygen atoms in total. The van der Waals surface area contributed by atoms with Crippen LogP contribution in [0.15, 0.2) is 129 Å². The fourth-order valence-electron chi connectivity index (χ4n) is 5.10. The third-order valence-electron chi connectivity index (χ3n) is 7.38. The second-order valence-corrected chi connectivity index (χ2v) is 14.8. The van der Waals surface area contributed by atoms with Gasteiger partial charge in [0.15, 0.2) is 11.0 Å². The summed E-state index contributed by atoms with van der Waals surface area (Å²) < 4.78 is 31.1. The fourth-order valence-corrected chi connectivity index (χ4v) is 8.34. The predicted octanol–water partition coefficient (Wildman–Crippen LogP) is 8.21. The summed E-state index contributed by atoms with van der Waals surface area (Å²) in [5, 5.41) is 12.1. The van der Waals surface area contributed by atoms with Gasteiger partial charge in [-0.15, -0.1) is 21.5 Å². The Kier molecular flexibility index (Phi) is 8.41. The average Bonchev–Trinajstić information content (AvgIpc) is 3.72. The molecule has 0 bridgehead atoms. The van der Waals surface area contributed by atoms with Gasteiger partial charge in [0.2, 0.25) is 0 Å². The van der Waals surface area contributed by atoms with E-state index in [1.165, 1.54) is 29.2 Å².